The summed E-state index contributed by atoms with van der Waals surface area (Å²) in [6.45, 7) is 0.796. The topological polar surface area (TPSA) is 73.6 Å². The zero-order valence-corrected chi connectivity index (χ0v) is 11.8. The number of nitrogens with two attached hydrogens (primary N) is 1. The Morgan fingerprint density at radius 1 is 1.42 bits per heavy atom. The molecule has 0 aliphatic carbocycles. The molecule has 0 spiro atoms. The average molecular weight is 282 g/mol. The Bertz CT molecular complexity index is 451. The standard InChI is InChI=1S/C13H18N2O3S/c1-17-8-11(18-2)7-15-13(16)10-5-3-4-9(6-10)12(14)19/h3-6,11H,7-8H2,1-2H3,(H2,14,19)(H,15,16). The molecule has 0 heterocycles. The van der Waals surface area contributed by atoms with E-state index in [0.29, 0.717) is 24.3 Å². The Morgan fingerprint density at radius 2 is 2.11 bits per heavy atom. The number of ether oxygens (including phenoxy) is 2. The maximum absolute atomic E-state index is 12.0. The lowest BCUT2D eigenvalue weighted by molar-refractivity contribution is 0.0285. The lowest BCUT2D eigenvalue weighted by Crippen LogP contribution is -2.35. The second-order valence-electron chi connectivity index (χ2n) is 3.97. The first kappa shape index (κ1) is 15.6. The number of hydrogen-bond donors (Lipinski definition) is 2. The molecule has 1 unspecified atom stereocenters. The molecule has 3 N–H and O–H groups in total. The Morgan fingerprint density at radius 3 is 2.68 bits per heavy atom. The Kier molecular flexibility index (Phi) is 6.41. The molecule has 19 heavy (non-hydrogen) atoms. The van der Waals surface area contributed by atoms with E-state index < -0.39 is 0 Å². The smallest absolute Gasteiger partial charge is 0.251 e. The van der Waals surface area contributed by atoms with Gasteiger partial charge in [-0.1, -0.05) is 24.4 Å². The van der Waals surface area contributed by atoms with Gasteiger partial charge >= 0.3 is 0 Å². The van der Waals surface area contributed by atoms with Crippen molar-refractivity contribution in [1.29, 1.82) is 0 Å². The number of thiocarbonyl (C=S) groups is 1. The van der Waals surface area contributed by atoms with Gasteiger partial charge in [0.05, 0.1) is 12.7 Å². The van der Waals surface area contributed by atoms with Gasteiger partial charge in [0.2, 0.25) is 0 Å². The van der Waals surface area contributed by atoms with Crippen LogP contribution in [0.4, 0.5) is 0 Å². The van der Waals surface area contributed by atoms with E-state index >= 15 is 0 Å². The highest BCUT2D eigenvalue weighted by atomic mass is 32.1. The lowest BCUT2D eigenvalue weighted by atomic mass is 10.1. The second kappa shape index (κ2) is 7.83. The van der Waals surface area contributed by atoms with E-state index in [2.05, 4.69) is 5.32 Å². The minimum absolute atomic E-state index is 0.173. The summed E-state index contributed by atoms with van der Waals surface area (Å²) in [5.41, 5.74) is 6.71. The molecular weight excluding hydrogens is 264 g/mol. The van der Waals surface area contributed by atoms with Crippen LogP contribution in [0.1, 0.15) is 15.9 Å². The first-order valence-corrected chi connectivity index (χ1v) is 6.19. The largest absolute Gasteiger partial charge is 0.389 e. The lowest BCUT2D eigenvalue weighted by Gasteiger charge is -2.15. The fourth-order valence-corrected chi connectivity index (χ4v) is 1.65. The SMILES string of the molecule is COCC(CNC(=O)c1cccc(C(N)=S)c1)OC. The van der Waals surface area contributed by atoms with Crippen LogP contribution in [0, 0.1) is 0 Å². The zero-order chi connectivity index (χ0) is 14.3. The van der Waals surface area contributed by atoms with Crippen LogP contribution in [0.3, 0.4) is 0 Å². The number of amides is 1. The van der Waals surface area contributed by atoms with Crippen molar-refractivity contribution in [1.82, 2.24) is 5.32 Å². The van der Waals surface area contributed by atoms with Crippen molar-refractivity contribution in [2.24, 2.45) is 5.73 Å². The van der Waals surface area contributed by atoms with E-state index in [4.69, 9.17) is 27.4 Å². The molecule has 0 aliphatic heterocycles. The van der Waals surface area contributed by atoms with Gasteiger partial charge < -0.3 is 20.5 Å². The van der Waals surface area contributed by atoms with Gasteiger partial charge in [0.25, 0.3) is 5.91 Å². The van der Waals surface area contributed by atoms with Crippen LogP contribution in [0.25, 0.3) is 0 Å². The van der Waals surface area contributed by atoms with Crippen molar-refractivity contribution >= 4 is 23.1 Å². The van der Waals surface area contributed by atoms with Crippen LogP contribution in [0.2, 0.25) is 0 Å². The molecular formula is C13H18N2O3S. The van der Waals surface area contributed by atoms with Crippen LogP contribution in [-0.2, 0) is 9.47 Å². The van der Waals surface area contributed by atoms with Crippen LogP contribution in [0.15, 0.2) is 24.3 Å². The number of hydrogen-bond acceptors (Lipinski definition) is 4. The molecule has 6 heteroatoms. The number of carbonyl (C=O) groups is 1. The maximum atomic E-state index is 12.0. The molecule has 0 bridgehead atoms. The molecule has 0 aromatic heterocycles. The molecule has 0 aliphatic rings. The number of carbonyl (C=O) groups excluding carboxylic acids is 1. The van der Waals surface area contributed by atoms with E-state index in [1.807, 2.05) is 0 Å². The minimum atomic E-state index is -0.198. The summed E-state index contributed by atoms with van der Waals surface area (Å²) in [4.78, 5) is 12.2. The molecule has 104 valence electrons. The van der Waals surface area contributed by atoms with Crippen LogP contribution in [0.5, 0.6) is 0 Å². The van der Waals surface area contributed by atoms with Crippen molar-refractivity contribution < 1.29 is 14.3 Å². The summed E-state index contributed by atoms with van der Waals surface area (Å²) in [5.74, 6) is -0.198. The molecule has 1 aromatic carbocycles. The second-order valence-corrected chi connectivity index (χ2v) is 4.41. The van der Waals surface area contributed by atoms with Crippen molar-refractivity contribution in [2.75, 3.05) is 27.4 Å². The Hall–Kier alpha value is -1.50. The molecule has 0 saturated carbocycles. The van der Waals surface area contributed by atoms with Gasteiger partial charge in [0.15, 0.2) is 0 Å². The van der Waals surface area contributed by atoms with Crippen LogP contribution >= 0.6 is 12.2 Å². The molecule has 0 saturated heterocycles. The predicted molar refractivity (Wildman–Crippen MR) is 77.3 cm³/mol. The van der Waals surface area contributed by atoms with Gasteiger partial charge in [-0.25, -0.2) is 0 Å². The third-order valence-electron chi connectivity index (χ3n) is 2.59. The van der Waals surface area contributed by atoms with Gasteiger partial charge in [-0.3, -0.25) is 4.79 Å². The van der Waals surface area contributed by atoms with Crippen molar-refractivity contribution in [2.45, 2.75) is 6.10 Å². The number of nitrogens with one attached hydrogen (secondary N) is 1. The number of rotatable bonds is 7. The quantitative estimate of drug-likeness (QED) is 0.721. The van der Waals surface area contributed by atoms with Crippen molar-refractivity contribution in [3.63, 3.8) is 0 Å². The predicted octanol–water partition coefficient (Wildman–Crippen LogP) is 0.712. The van der Waals surface area contributed by atoms with E-state index in [9.17, 15) is 4.79 Å². The summed E-state index contributed by atoms with van der Waals surface area (Å²) in [5, 5.41) is 2.77. The Balaban J connectivity index is 2.62. The molecule has 1 atom stereocenters. The van der Waals surface area contributed by atoms with Gasteiger partial charge in [0.1, 0.15) is 4.99 Å². The highest BCUT2D eigenvalue weighted by Gasteiger charge is 2.11. The summed E-state index contributed by atoms with van der Waals surface area (Å²) < 4.78 is 10.1. The normalized spacial score (nSPS) is 11.9. The fourth-order valence-electron chi connectivity index (χ4n) is 1.52. The van der Waals surface area contributed by atoms with Gasteiger partial charge in [-0.15, -0.1) is 0 Å². The maximum Gasteiger partial charge on any atom is 0.251 e. The van der Waals surface area contributed by atoms with Gasteiger partial charge in [-0.05, 0) is 12.1 Å². The average Bonchev–Trinajstić information content (AvgIpc) is 2.43. The number of benzene rings is 1. The van der Waals surface area contributed by atoms with Gasteiger partial charge in [-0.2, -0.15) is 0 Å². The summed E-state index contributed by atoms with van der Waals surface area (Å²) in [6, 6.07) is 6.87. The molecule has 5 nitrogen and oxygen atoms in total. The molecule has 1 rings (SSSR count). The van der Waals surface area contributed by atoms with E-state index in [1.54, 1.807) is 38.5 Å². The van der Waals surface area contributed by atoms with E-state index in [0.717, 1.165) is 0 Å². The zero-order valence-electron chi connectivity index (χ0n) is 11.0. The highest BCUT2D eigenvalue weighted by molar-refractivity contribution is 7.80. The molecule has 0 radical (unpaired) electrons. The third-order valence-corrected chi connectivity index (χ3v) is 2.82. The highest BCUT2D eigenvalue weighted by Crippen LogP contribution is 2.05. The van der Waals surface area contributed by atoms with Gasteiger partial charge in [0, 0.05) is 31.9 Å². The summed E-state index contributed by atoms with van der Waals surface area (Å²) in [6.07, 6.45) is -0.173. The van der Waals surface area contributed by atoms with Crippen molar-refractivity contribution in [3.8, 4) is 0 Å². The number of methoxy groups -OCH3 is 2. The monoisotopic (exact) mass is 282 g/mol. The first-order valence-electron chi connectivity index (χ1n) is 5.78. The van der Waals surface area contributed by atoms with E-state index in [-0.39, 0.29) is 17.0 Å². The molecule has 0 fully saturated rings. The first-order chi connectivity index (χ1) is 9.08. The molecule has 1 amide bonds. The van der Waals surface area contributed by atoms with Crippen molar-refractivity contribution in [3.05, 3.63) is 35.4 Å². The molecule has 1 aromatic rings. The van der Waals surface area contributed by atoms with Crippen LogP contribution < -0.4 is 11.1 Å². The fraction of sp³-hybridized carbons (Fsp3) is 0.385. The van der Waals surface area contributed by atoms with Crippen LogP contribution in [-0.4, -0.2) is 44.4 Å². The minimum Gasteiger partial charge on any atom is -0.389 e. The van der Waals surface area contributed by atoms with E-state index in [1.165, 1.54) is 0 Å². The summed E-state index contributed by atoms with van der Waals surface area (Å²) >= 11 is 4.88. The third kappa shape index (κ3) is 4.94. The summed E-state index contributed by atoms with van der Waals surface area (Å²) in [7, 11) is 3.16. The Labute approximate surface area is 118 Å².